The molecule has 5 heteroatoms. The zero-order valence-corrected chi connectivity index (χ0v) is 12.3. The Morgan fingerprint density at radius 1 is 1.19 bits per heavy atom. The Morgan fingerprint density at radius 3 is 2.52 bits per heavy atom. The predicted octanol–water partition coefficient (Wildman–Crippen LogP) is 4.97. The van der Waals surface area contributed by atoms with Crippen LogP contribution in [0.15, 0.2) is 30.3 Å². The number of hydrogen-bond acceptors (Lipinski definition) is 2. The molecule has 0 radical (unpaired) electrons. The first-order chi connectivity index (χ1) is 9.92. The average molecular weight is 307 g/mol. The molecule has 0 bridgehead atoms. The maximum Gasteiger partial charge on any atom is 0.128 e. The zero-order valence-electron chi connectivity index (χ0n) is 11.5. The number of anilines is 1. The Hall–Kier alpha value is -2.12. The first kappa shape index (κ1) is 15.3. The van der Waals surface area contributed by atoms with Gasteiger partial charge in [-0.2, -0.15) is 5.26 Å². The van der Waals surface area contributed by atoms with Crippen molar-refractivity contribution in [3.63, 3.8) is 0 Å². The smallest absolute Gasteiger partial charge is 0.128 e. The molecular formula is C16H13ClF2N2. The summed E-state index contributed by atoms with van der Waals surface area (Å²) in [5.41, 5.74) is 1.50. The summed E-state index contributed by atoms with van der Waals surface area (Å²) in [4.78, 5) is 0. The topological polar surface area (TPSA) is 35.8 Å². The van der Waals surface area contributed by atoms with E-state index >= 15 is 0 Å². The molecular weight excluding hydrogens is 294 g/mol. The van der Waals surface area contributed by atoms with Crippen LogP contribution in [0.3, 0.4) is 0 Å². The summed E-state index contributed by atoms with van der Waals surface area (Å²) in [5.74, 6) is -0.911. The van der Waals surface area contributed by atoms with E-state index in [0.717, 1.165) is 0 Å². The van der Waals surface area contributed by atoms with Gasteiger partial charge in [-0.1, -0.05) is 11.6 Å². The van der Waals surface area contributed by atoms with Crippen LogP contribution in [0.4, 0.5) is 14.5 Å². The number of nitrogens with one attached hydrogen (secondary N) is 1. The molecule has 0 aliphatic heterocycles. The molecule has 0 spiro atoms. The Bertz CT molecular complexity index is 723. The molecule has 0 amide bonds. The lowest BCUT2D eigenvalue weighted by atomic mass is 10.0. The van der Waals surface area contributed by atoms with Crippen LogP contribution in [0.5, 0.6) is 0 Å². The Balaban J connectivity index is 2.26. The molecule has 0 aliphatic carbocycles. The Labute approximate surface area is 127 Å². The van der Waals surface area contributed by atoms with E-state index in [1.54, 1.807) is 25.1 Å². The first-order valence-electron chi connectivity index (χ1n) is 6.34. The van der Waals surface area contributed by atoms with Gasteiger partial charge < -0.3 is 5.32 Å². The highest BCUT2D eigenvalue weighted by molar-refractivity contribution is 6.32. The summed E-state index contributed by atoms with van der Waals surface area (Å²) in [6.07, 6.45) is 0. The second-order valence-electron chi connectivity index (χ2n) is 4.80. The van der Waals surface area contributed by atoms with Crippen LogP contribution in [-0.4, -0.2) is 0 Å². The zero-order chi connectivity index (χ0) is 15.6. The fraction of sp³-hybridized carbons (Fsp3) is 0.188. The number of rotatable bonds is 3. The fourth-order valence-electron chi connectivity index (χ4n) is 2.02. The van der Waals surface area contributed by atoms with Gasteiger partial charge in [0.1, 0.15) is 17.7 Å². The molecule has 0 heterocycles. The molecule has 21 heavy (non-hydrogen) atoms. The predicted molar refractivity (Wildman–Crippen MR) is 79.3 cm³/mol. The highest BCUT2D eigenvalue weighted by atomic mass is 35.5. The number of nitrogens with zero attached hydrogens (tertiary/aromatic N) is 1. The van der Waals surface area contributed by atoms with E-state index in [2.05, 4.69) is 5.32 Å². The van der Waals surface area contributed by atoms with Gasteiger partial charge in [-0.25, -0.2) is 8.78 Å². The van der Waals surface area contributed by atoms with Gasteiger partial charge in [0.15, 0.2) is 0 Å². The third-order valence-electron chi connectivity index (χ3n) is 3.22. The van der Waals surface area contributed by atoms with E-state index in [-0.39, 0.29) is 11.1 Å². The first-order valence-corrected chi connectivity index (χ1v) is 6.72. The minimum atomic E-state index is -0.464. The van der Waals surface area contributed by atoms with Crippen LogP contribution >= 0.6 is 11.6 Å². The molecule has 1 unspecified atom stereocenters. The molecule has 2 aromatic rings. The number of hydrogen-bond donors (Lipinski definition) is 1. The van der Waals surface area contributed by atoms with Gasteiger partial charge in [-0.15, -0.1) is 0 Å². The second-order valence-corrected chi connectivity index (χ2v) is 5.20. The molecule has 2 aromatic carbocycles. The quantitative estimate of drug-likeness (QED) is 0.869. The van der Waals surface area contributed by atoms with Crippen molar-refractivity contribution in [2.75, 3.05) is 5.32 Å². The van der Waals surface area contributed by atoms with Gasteiger partial charge in [-0.05, 0) is 49.7 Å². The molecule has 0 aromatic heterocycles. The van der Waals surface area contributed by atoms with Crippen molar-refractivity contribution in [1.82, 2.24) is 0 Å². The molecule has 0 fully saturated rings. The monoisotopic (exact) mass is 306 g/mol. The minimum absolute atomic E-state index is 0.235. The summed E-state index contributed by atoms with van der Waals surface area (Å²) in [6.45, 7) is 3.24. The third kappa shape index (κ3) is 3.32. The maximum absolute atomic E-state index is 13.9. The SMILES string of the molecule is Cc1cc(F)c(C(C)Nc2ccc(C#N)c(Cl)c2)cc1F. The van der Waals surface area contributed by atoms with E-state index in [4.69, 9.17) is 16.9 Å². The van der Waals surface area contributed by atoms with Crippen LogP contribution in [0.1, 0.15) is 29.7 Å². The van der Waals surface area contributed by atoms with Crippen molar-refractivity contribution in [3.05, 3.63) is 63.7 Å². The fourth-order valence-corrected chi connectivity index (χ4v) is 2.24. The van der Waals surface area contributed by atoms with Crippen molar-refractivity contribution in [1.29, 1.82) is 5.26 Å². The van der Waals surface area contributed by atoms with Gasteiger partial charge >= 0.3 is 0 Å². The lowest BCUT2D eigenvalue weighted by Crippen LogP contribution is -2.09. The Kier molecular flexibility index (Phi) is 4.44. The van der Waals surface area contributed by atoms with Gasteiger partial charge in [0, 0.05) is 11.3 Å². The molecule has 1 N–H and O–H groups in total. The van der Waals surface area contributed by atoms with Crippen LogP contribution in [0.25, 0.3) is 0 Å². The largest absolute Gasteiger partial charge is 0.378 e. The van der Waals surface area contributed by atoms with Crippen LogP contribution in [-0.2, 0) is 0 Å². The summed E-state index contributed by atoms with van der Waals surface area (Å²) >= 11 is 5.94. The van der Waals surface area contributed by atoms with Gasteiger partial charge in [0.05, 0.1) is 16.6 Å². The van der Waals surface area contributed by atoms with Crippen LogP contribution < -0.4 is 5.32 Å². The van der Waals surface area contributed by atoms with E-state index in [0.29, 0.717) is 16.3 Å². The average Bonchev–Trinajstić information content (AvgIpc) is 2.43. The summed E-state index contributed by atoms with van der Waals surface area (Å²) in [6, 6.07) is 8.71. The lowest BCUT2D eigenvalue weighted by Gasteiger charge is -2.17. The molecule has 0 saturated carbocycles. The van der Waals surface area contributed by atoms with Crippen molar-refractivity contribution >= 4 is 17.3 Å². The third-order valence-corrected chi connectivity index (χ3v) is 3.53. The van der Waals surface area contributed by atoms with Gasteiger partial charge in [0.2, 0.25) is 0 Å². The standard InChI is InChI=1S/C16H13ClF2N2/c1-9-5-16(19)13(7-15(9)18)10(2)21-12-4-3-11(8-20)14(17)6-12/h3-7,10,21H,1-2H3. The van der Waals surface area contributed by atoms with E-state index in [1.807, 2.05) is 6.07 Å². The highest BCUT2D eigenvalue weighted by Gasteiger charge is 2.14. The second kappa shape index (κ2) is 6.11. The number of nitriles is 1. The van der Waals surface area contributed by atoms with Gasteiger partial charge in [-0.3, -0.25) is 0 Å². The van der Waals surface area contributed by atoms with Gasteiger partial charge in [0.25, 0.3) is 0 Å². The number of halogens is 3. The molecule has 108 valence electrons. The normalized spacial score (nSPS) is 11.8. The molecule has 0 aliphatic rings. The summed E-state index contributed by atoms with van der Waals surface area (Å²) < 4.78 is 27.5. The number of benzene rings is 2. The van der Waals surface area contributed by atoms with Crippen molar-refractivity contribution in [2.24, 2.45) is 0 Å². The van der Waals surface area contributed by atoms with Crippen LogP contribution in [0, 0.1) is 29.9 Å². The summed E-state index contributed by atoms with van der Waals surface area (Å²) in [5, 5.41) is 12.2. The van der Waals surface area contributed by atoms with Crippen LogP contribution in [0.2, 0.25) is 5.02 Å². The Morgan fingerprint density at radius 2 is 1.90 bits per heavy atom. The number of aryl methyl sites for hydroxylation is 1. The summed E-state index contributed by atoms with van der Waals surface area (Å²) in [7, 11) is 0. The molecule has 1 atom stereocenters. The molecule has 0 saturated heterocycles. The van der Waals surface area contributed by atoms with E-state index in [9.17, 15) is 8.78 Å². The highest BCUT2D eigenvalue weighted by Crippen LogP contribution is 2.26. The van der Waals surface area contributed by atoms with E-state index < -0.39 is 17.7 Å². The van der Waals surface area contributed by atoms with Crippen molar-refractivity contribution < 1.29 is 8.78 Å². The van der Waals surface area contributed by atoms with Crippen molar-refractivity contribution in [3.8, 4) is 6.07 Å². The molecule has 2 rings (SSSR count). The maximum atomic E-state index is 13.9. The lowest BCUT2D eigenvalue weighted by molar-refractivity contribution is 0.571. The minimum Gasteiger partial charge on any atom is -0.378 e. The van der Waals surface area contributed by atoms with Crippen molar-refractivity contribution in [2.45, 2.75) is 19.9 Å². The molecule has 2 nitrogen and oxygen atoms in total. The van der Waals surface area contributed by atoms with E-state index in [1.165, 1.54) is 19.1 Å².